The van der Waals surface area contributed by atoms with E-state index in [0.717, 1.165) is 10.6 Å². The van der Waals surface area contributed by atoms with Gasteiger partial charge in [-0.3, -0.25) is 9.59 Å². The topological polar surface area (TPSA) is 59.8 Å². The molecule has 2 aromatic rings. The molecular weight excluding hydrogens is 316 g/mol. The summed E-state index contributed by atoms with van der Waals surface area (Å²) in [5.41, 5.74) is 1.22. The van der Waals surface area contributed by atoms with Crippen LogP contribution < -0.4 is 15.0 Å². The third-order valence-electron chi connectivity index (χ3n) is 4.18. The summed E-state index contributed by atoms with van der Waals surface area (Å²) in [5.74, 6) is 0.719. The second-order valence-corrected chi connectivity index (χ2v) is 6.11. The first kappa shape index (κ1) is 18.7. The normalized spacial score (nSPS) is 12.9. The quantitative estimate of drug-likeness (QED) is 0.720. The zero-order valence-electron chi connectivity index (χ0n) is 14.9. The van der Waals surface area contributed by atoms with Crippen LogP contribution in [0.25, 0.3) is 0 Å². The molecule has 0 saturated heterocycles. The summed E-state index contributed by atoms with van der Waals surface area (Å²) >= 11 is 0. The standard InChI is InChI=1S/C20H24N2O3/c1-15(22(3)12-13-25-19-10-5-4-6-11-19)20(24)21-18-9-7-8-17(14-18)16(2)23/h4-11,14-15H,12-13H2,1-3H3,(H,21,24)/p+1/t15-/m0/s1. The van der Waals surface area contributed by atoms with E-state index in [2.05, 4.69) is 5.32 Å². The van der Waals surface area contributed by atoms with Crippen molar-refractivity contribution in [3.63, 3.8) is 0 Å². The van der Waals surface area contributed by atoms with Gasteiger partial charge in [-0.05, 0) is 38.1 Å². The van der Waals surface area contributed by atoms with Crippen molar-refractivity contribution in [3.8, 4) is 5.75 Å². The Kier molecular flexibility index (Phi) is 6.71. The lowest BCUT2D eigenvalue weighted by Crippen LogP contribution is -3.14. The van der Waals surface area contributed by atoms with Crippen LogP contribution in [-0.4, -0.2) is 37.9 Å². The maximum absolute atomic E-state index is 12.4. The molecule has 0 saturated carbocycles. The van der Waals surface area contributed by atoms with Gasteiger partial charge < -0.3 is 15.0 Å². The number of carbonyl (C=O) groups excluding carboxylic acids is 2. The van der Waals surface area contributed by atoms with E-state index in [9.17, 15) is 9.59 Å². The summed E-state index contributed by atoms with van der Waals surface area (Å²) in [5, 5.41) is 2.87. The second-order valence-electron chi connectivity index (χ2n) is 6.11. The molecule has 2 rings (SSSR count). The minimum absolute atomic E-state index is 0.0232. The van der Waals surface area contributed by atoms with Crippen molar-refractivity contribution in [2.75, 3.05) is 25.5 Å². The number of hydrogen-bond donors (Lipinski definition) is 2. The van der Waals surface area contributed by atoms with E-state index in [0.29, 0.717) is 24.4 Å². The summed E-state index contributed by atoms with van der Waals surface area (Å²) in [4.78, 5) is 24.9. The largest absolute Gasteiger partial charge is 0.488 e. The summed E-state index contributed by atoms with van der Waals surface area (Å²) in [6.07, 6.45) is 0. The van der Waals surface area contributed by atoms with Crippen LogP contribution in [0.3, 0.4) is 0 Å². The van der Waals surface area contributed by atoms with Gasteiger partial charge in [0.1, 0.15) is 18.9 Å². The highest BCUT2D eigenvalue weighted by Crippen LogP contribution is 2.11. The fourth-order valence-corrected chi connectivity index (χ4v) is 2.35. The van der Waals surface area contributed by atoms with E-state index in [1.807, 2.05) is 44.3 Å². The fraction of sp³-hybridized carbons (Fsp3) is 0.300. The number of para-hydroxylation sites is 1. The van der Waals surface area contributed by atoms with Crippen molar-refractivity contribution >= 4 is 17.4 Å². The molecule has 0 fully saturated rings. The lowest BCUT2D eigenvalue weighted by molar-refractivity contribution is -0.894. The van der Waals surface area contributed by atoms with Crippen LogP contribution >= 0.6 is 0 Å². The Morgan fingerprint density at radius 2 is 1.84 bits per heavy atom. The molecule has 2 atom stereocenters. The predicted octanol–water partition coefficient (Wildman–Crippen LogP) is 1.81. The minimum Gasteiger partial charge on any atom is -0.488 e. The Hall–Kier alpha value is -2.66. The van der Waals surface area contributed by atoms with Crippen LogP contribution in [0, 0.1) is 0 Å². The van der Waals surface area contributed by atoms with Gasteiger partial charge in [0, 0.05) is 11.3 Å². The van der Waals surface area contributed by atoms with Crippen LogP contribution in [0.5, 0.6) is 5.75 Å². The Labute approximate surface area is 148 Å². The number of anilines is 1. The first-order valence-corrected chi connectivity index (χ1v) is 8.39. The number of hydrogen-bond acceptors (Lipinski definition) is 3. The van der Waals surface area contributed by atoms with E-state index < -0.39 is 0 Å². The molecule has 0 aliphatic carbocycles. The molecule has 0 heterocycles. The van der Waals surface area contributed by atoms with Crippen molar-refractivity contribution < 1.29 is 19.2 Å². The molecule has 1 unspecified atom stereocenters. The Bertz CT molecular complexity index is 716. The Balaban J connectivity index is 1.84. The third kappa shape index (κ3) is 5.72. The van der Waals surface area contributed by atoms with E-state index >= 15 is 0 Å². The number of likely N-dealkylation sites (N-methyl/N-ethyl adjacent to an activating group) is 1. The van der Waals surface area contributed by atoms with Crippen molar-refractivity contribution in [1.82, 2.24) is 0 Å². The van der Waals surface area contributed by atoms with Crippen LogP contribution in [0.1, 0.15) is 24.2 Å². The highest BCUT2D eigenvalue weighted by molar-refractivity contribution is 5.97. The molecule has 0 radical (unpaired) electrons. The van der Waals surface area contributed by atoms with E-state index in [1.165, 1.54) is 6.92 Å². The van der Waals surface area contributed by atoms with E-state index in [-0.39, 0.29) is 17.7 Å². The Morgan fingerprint density at radius 3 is 2.52 bits per heavy atom. The number of ether oxygens (including phenoxy) is 1. The van der Waals surface area contributed by atoms with Crippen molar-refractivity contribution in [1.29, 1.82) is 0 Å². The molecule has 0 aromatic heterocycles. The second kappa shape index (κ2) is 8.99. The molecule has 0 aliphatic heterocycles. The van der Waals surface area contributed by atoms with Gasteiger partial charge in [-0.2, -0.15) is 0 Å². The lowest BCUT2D eigenvalue weighted by Gasteiger charge is -2.21. The number of quaternary nitrogens is 1. The molecule has 25 heavy (non-hydrogen) atoms. The average molecular weight is 341 g/mol. The van der Waals surface area contributed by atoms with Gasteiger partial charge in [0.2, 0.25) is 0 Å². The first-order valence-electron chi connectivity index (χ1n) is 8.39. The van der Waals surface area contributed by atoms with Gasteiger partial charge in [0.25, 0.3) is 5.91 Å². The molecule has 132 valence electrons. The van der Waals surface area contributed by atoms with Crippen LogP contribution in [0.2, 0.25) is 0 Å². The maximum Gasteiger partial charge on any atom is 0.282 e. The van der Waals surface area contributed by atoms with Gasteiger partial charge >= 0.3 is 0 Å². The molecular formula is C20H25N2O3+. The van der Waals surface area contributed by atoms with Gasteiger partial charge in [0.05, 0.1) is 7.05 Å². The molecule has 0 aliphatic rings. The molecule has 0 spiro atoms. The molecule has 0 bridgehead atoms. The zero-order valence-corrected chi connectivity index (χ0v) is 14.9. The third-order valence-corrected chi connectivity index (χ3v) is 4.18. The number of amides is 1. The SMILES string of the molecule is CC(=O)c1cccc(NC(=O)[C@H](C)[NH+](C)CCOc2ccccc2)c1. The molecule has 5 nitrogen and oxygen atoms in total. The van der Waals surface area contributed by atoms with Crippen molar-refractivity contribution in [2.45, 2.75) is 19.9 Å². The highest BCUT2D eigenvalue weighted by atomic mass is 16.5. The number of carbonyl (C=O) groups is 2. The number of Topliss-reactive ketones (excluding diaryl/α,β-unsaturated/α-hetero) is 1. The van der Waals surface area contributed by atoms with Gasteiger partial charge in [-0.1, -0.05) is 30.3 Å². The predicted molar refractivity (Wildman–Crippen MR) is 98.2 cm³/mol. The van der Waals surface area contributed by atoms with Crippen molar-refractivity contribution in [3.05, 3.63) is 60.2 Å². The summed E-state index contributed by atoms with van der Waals surface area (Å²) in [7, 11) is 1.96. The van der Waals surface area contributed by atoms with E-state index in [1.54, 1.807) is 24.3 Å². The van der Waals surface area contributed by atoms with E-state index in [4.69, 9.17) is 4.74 Å². The van der Waals surface area contributed by atoms with Gasteiger partial charge in [-0.15, -0.1) is 0 Å². The molecule has 5 heteroatoms. The number of ketones is 1. The van der Waals surface area contributed by atoms with Gasteiger partial charge in [0.15, 0.2) is 11.8 Å². The lowest BCUT2D eigenvalue weighted by atomic mass is 10.1. The maximum atomic E-state index is 12.4. The van der Waals surface area contributed by atoms with Gasteiger partial charge in [-0.25, -0.2) is 0 Å². The smallest absolute Gasteiger partial charge is 0.282 e. The molecule has 2 aromatic carbocycles. The summed E-state index contributed by atoms with van der Waals surface area (Å²) in [6, 6.07) is 16.4. The monoisotopic (exact) mass is 341 g/mol. The number of benzene rings is 2. The number of rotatable bonds is 8. The molecule has 2 N–H and O–H groups in total. The van der Waals surface area contributed by atoms with Crippen LogP contribution in [0.15, 0.2) is 54.6 Å². The zero-order chi connectivity index (χ0) is 18.2. The fourth-order valence-electron chi connectivity index (χ4n) is 2.35. The van der Waals surface area contributed by atoms with Crippen LogP contribution in [0.4, 0.5) is 5.69 Å². The summed E-state index contributed by atoms with van der Waals surface area (Å²) in [6.45, 7) is 4.63. The minimum atomic E-state index is -0.236. The number of nitrogens with one attached hydrogen (secondary N) is 2. The van der Waals surface area contributed by atoms with Crippen LogP contribution in [-0.2, 0) is 4.79 Å². The molecule has 1 amide bonds. The first-order chi connectivity index (χ1) is 12.0. The summed E-state index contributed by atoms with van der Waals surface area (Å²) < 4.78 is 5.68. The average Bonchev–Trinajstić information content (AvgIpc) is 2.62. The highest BCUT2D eigenvalue weighted by Gasteiger charge is 2.21. The Morgan fingerprint density at radius 1 is 1.12 bits per heavy atom. The van der Waals surface area contributed by atoms with Crippen molar-refractivity contribution in [2.24, 2.45) is 0 Å².